The predicted molar refractivity (Wildman–Crippen MR) is 107 cm³/mol. The maximum Gasteiger partial charge on any atom is 0.227 e. The number of rotatable bonds is 4. The van der Waals surface area contributed by atoms with Crippen molar-refractivity contribution in [3.63, 3.8) is 0 Å². The summed E-state index contributed by atoms with van der Waals surface area (Å²) in [4.78, 5) is 18.0. The van der Waals surface area contributed by atoms with Crippen LogP contribution in [0.1, 0.15) is 24.0 Å². The molecule has 0 radical (unpaired) electrons. The van der Waals surface area contributed by atoms with Gasteiger partial charge in [0.2, 0.25) is 5.91 Å². The highest BCUT2D eigenvalue weighted by Gasteiger charge is 2.21. The number of aromatic nitrogens is 1. The molecule has 2 heterocycles. The van der Waals surface area contributed by atoms with Gasteiger partial charge in [0.1, 0.15) is 6.07 Å². The molecule has 0 atom stereocenters. The number of hydrogen-bond acceptors (Lipinski definition) is 4. The van der Waals surface area contributed by atoms with E-state index in [2.05, 4.69) is 16.4 Å². The van der Waals surface area contributed by atoms with Crippen molar-refractivity contribution >= 4 is 39.8 Å². The fourth-order valence-electron chi connectivity index (χ4n) is 3.35. The van der Waals surface area contributed by atoms with Crippen molar-refractivity contribution in [2.45, 2.75) is 19.4 Å². The van der Waals surface area contributed by atoms with E-state index in [9.17, 15) is 10.1 Å². The molecule has 1 aliphatic heterocycles. The molecule has 1 fully saturated rings. The highest BCUT2D eigenvalue weighted by molar-refractivity contribution is 6.31. The molecule has 0 saturated carbocycles. The second-order valence-electron chi connectivity index (χ2n) is 6.49. The SMILES string of the molecule is N#Cc1cnc2ccc(Cl)cc2c1NCc1ccc(N2CCCC2=O)cc1. The average molecular weight is 377 g/mol. The van der Waals surface area contributed by atoms with Gasteiger partial charge in [-0.15, -0.1) is 0 Å². The molecule has 0 spiro atoms. The number of carbonyl (C=O) groups is 1. The van der Waals surface area contributed by atoms with Gasteiger partial charge in [-0.25, -0.2) is 0 Å². The lowest BCUT2D eigenvalue weighted by Gasteiger charge is -2.16. The number of hydrogen-bond donors (Lipinski definition) is 1. The lowest BCUT2D eigenvalue weighted by molar-refractivity contribution is -0.117. The third kappa shape index (κ3) is 3.44. The summed E-state index contributed by atoms with van der Waals surface area (Å²) in [5.41, 5.74) is 3.97. The van der Waals surface area contributed by atoms with Crippen molar-refractivity contribution in [2.75, 3.05) is 16.8 Å². The van der Waals surface area contributed by atoms with Crippen LogP contribution < -0.4 is 10.2 Å². The van der Waals surface area contributed by atoms with Crippen LogP contribution >= 0.6 is 11.6 Å². The molecule has 27 heavy (non-hydrogen) atoms. The smallest absolute Gasteiger partial charge is 0.227 e. The Morgan fingerprint density at radius 1 is 1.22 bits per heavy atom. The largest absolute Gasteiger partial charge is 0.379 e. The first-order valence-electron chi connectivity index (χ1n) is 8.77. The Morgan fingerprint density at radius 2 is 2.04 bits per heavy atom. The van der Waals surface area contributed by atoms with E-state index in [1.807, 2.05) is 41.3 Å². The molecular formula is C21H17ClN4O. The highest BCUT2D eigenvalue weighted by atomic mass is 35.5. The first-order valence-corrected chi connectivity index (χ1v) is 9.15. The van der Waals surface area contributed by atoms with Gasteiger partial charge in [0.15, 0.2) is 0 Å². The third-order valence-corrected chi connectivity index (χ3v) is 4.98. The Labute approximate surface area is 162 Å². The van der Waals surface area contributed by atoms with Crippen LogP contribution in [0.2, 0.25) is 5.02 Å². The molecule has 2 aromatic carbocycles. The van der Waals surface area contributed by atoms with Gasteiger partial charge in [0.25, 0.3) is 0 Å². The van der Waals surface area contributed by atoms with E-state index >= 15 is 0 Å². The fourth-order valence-corrected chi connectivity index (χ4v) is 3.52. The molecule has 1 aliphatic rings. The van der Waals surface area contributed by atoms with E-state index in [0.717, 1.165) is 40.8 Å². The number of nitrogens with one attached hydrogen (secondary N) is 1. The van der Waals surface area contributed by atoms with E-state index < -0.39 is 0 Å². The molecule has 5 nitrogen and oxygen atoms in total. The Balaban J connectivity index is 1.57. The van der Waals surface area contributed by atoms with Crippen LogP contribution in [0.4, 0.5) is 11.4 Å². The molecule has 0 unspecified atom stereocenters. The molecule has 0 bridgehead atoms. The molecule has 1 aromatic heterocycles. The summed E-state index contributed by atoms with van der Waals surface area (Å²) in [7, 11) is 0. The van der Waals surface area contributed by atoms with Crippen molar-refractivity contribution in [3.05, 3.63) is 64.8 Å². The number of nitriles is 1. The molecule has 4 rings (SSSR count). The normalized spacial score (nSPS) is 13.8. The van der Waals surface area contributed by atoms with E-state index in [4.69, 9.17) is 11.6 Å². The van der Waals surface area contributed by atoms with Gasteiger partial charge >= 0.3 is 0 Å². The number of carbonyl (C=O) groups excluding carboxylic acids is 1. The monoisotopic (exact) mass is 376 g/mol. The molecule has 1 saturated heterocycles. The number of amides is 1. The zero-order valence-corrected chi connectivity index (χ0v) is 15.3. The van der Waals surface area contributed by atoms with Crippen LogP contribution in [0.5, 0.6) is 0 Å². The van der Waals surface area contributed by atoms with Crippen molar-refractivity contribution < 1.29 is 4.79 Å². The quantitative estimate of drug-likeness (QED) is 0.727. The summed E-state index contributed by atoms with van der Waals surface area (Å²) >= 11 is 6.12. The summed E-state index contributed by atoms with van der Waals surface area (Å²) in [6, 6.07) is 15.5. The van der Waals surface area contributed by atoms with Gasteiger partial charge in [0, 0.05) is 41.8 Å². The zero-order valence-electron chi connectivity index (χ0n) is 14.6. The average Bonchev–Trinajstić information content (AvgIpc) is 3.12. The van der Waals surface area contributed by atoms with Crippen molar-refractivity contribution in [2.24, 2.45) is 0 Å². The molecule has 3 aromatic rings. The lowest BCUT2D eigenvalue weighted by Crippen LogP contribution is -2.23. The van der Waals surface area contributed by atoms with Gasteiger partial charge < -0.3 is 10.2 Å². The summed E-state index contributed by atoms with van der Waals surface area (Å²) in [6.07, 6.45) is 3.11. The van der Waals surface area contributed by atoms with E-state index in [1.54, 1.807) is 12.3 Å². The van der Waals surface area contributed by atoms with Crippen LogP contribution in [0.25, 0.3) is 10.9 Å². The molecular weight excluding hydrogens is 360 g/mol. The van der Waals surface area contributed by atoms with Gasteiger partial charge in [-0.05, 0) is 42.3 Å². The van der Waals surface area contributed by atoms with Crippen LogP contribution in [0.15, 0.2) is 48.7 Å². The van der Waals surface area contributed by atoms with Crippen LogP contribution in [0, 0.1) is 11.3 Å². The first kappa shape index (κ1) is 17.3. The minimum Gasteiger partial charge on any atom is -0.379 e. The fraction of sp³-hybridized carbons (Fsp3) is 0.190. The standard InChI is InChI=1S/C21H17ClN4O/c22-16-5-8-19-18(10-16)21(15(11-23)13-24-19)25-12-14-3-6-17(7-4-14)26-9-1-2-20(26)27/h3-8,10,13H,1-2,9,12H2,(H,24,25). The molecule has 134 valence electrons. The Morgan fingerprint density at radius 3 is 2.74 bits per heavy atom. The minimum atomic E-state index is 0.180. The van der Waals surface area contributed by atoms with Crippen molar-refractivity contribution in [3.8, 4) is 6.07 Å². The van der Waals surface area contributed by atoms with Crippen LogP contribution in [-0.2, 0) is 11.3 Å². The van der Waals surface area contributed by atoms with E-state index in [-0.39, 0.29) is 5.91 Å². The van der Waals surface area contributed by atoms with E-state index in [0.29, 0.717) is 23.6 Å². The highest BCUT2D eigenvalue weighted by Crippen LogP contribution is 2.29. The van der Waals surface area contributed by atoms with Crippen LogP contribution in [-0.4, -0.2) is 17.4 Å². The summed E-state index contributed by atoms with van der Waals surface area (Å²) < 4.78 is 0. The van der Waals surface area contributed by atoms with Crippen molar-refractivity contribution in [1.82, 2.24) is 4.98 Å². The Kier molecular flexibility index (Phi) is 4.66. The summed E-state index contributed by atoms with van der Waals surface area (Å²) in [5, 5.41) is 14.2. The third-order valence-electron chi connectivity index (χ3n) is 4.74. The number of pyridine rings is 1. The van der Waals surface area contributed by atoms with Gasteiger partial charge in [0.05, 0.1) is 16.8 Å². The second-order valence-corrected chi connectivity index (χ2v) is 6.93. The number of anilines is 2. The molecule has 0 aliphatic carbocycles. The van der Waals surface area contributed by atoms with Gasteiger partial charge in [-0.3, -0.25) is 9.78 Å². The zero-order chi connectivity index (χ0) is 18.8. The molecule has 1 N–H and O–H groups in total. The second kappa shape index (κ2) is 7.26. The minimum absolute atomic E-state index is 0.180. The number of halogens is 1. The Bertz CT molecular complexity index is 1060. The molecule has 6 heteroatoms. The summed E-state index contributed by atoms with van der Waals surface area (Å²) in [6.45, 7) is 1.33. The maximum atomic E-state index is 11.9. The first-order chi connectivity index (χ1) is 13.2. The number of nitrogens with zero attached hydrogens (tertiary/aromatic N) is 3. The number of fused-ring (bicyclic) bond motifs is 1. The van der Waals surface area contributed by atoms with Crippen LogP contribution in [0.3, 0.4) is 0 Å². The maximum absolute atomic E-state index is 11.9. The predicted octanol–water partition coefficient (Wildman–Crippen LogP) is 4.50. The molecule has 1 amide bonds. The topological polar surface area (TPSA) is 69.0 Å². The van der Waals surface area contributed by atoms with Gasteiger partial charge in [-0.1, -0.05) is 23.7 Å². The Hall–Kier alpha value is -3.10. The van der Waals surface area contributed by atoms with Gasteiger partial charge in [-0.2, -0.15) is 5.26 Å². The van der Waals surface area contributed by atoms with E-state index in [1.165, 1.54) is 0 Å². The van der Waals surface area contributed by atoms with Crippen molar-refractivity contribution in [1.29, 1.82) is 5.26 Å². The number of benzene rings is 2. The summed E-state index contributed by atoms with van der Waals surface area (Å²) in [5.74, 6) is 0.180. The lowest BCUT2D eigenvalue weighted by atomic mass is 10.1.